The van der Waals surface area contributed by atoms with E-state index in [1.807, 2.05) is 30.3 Å². The molecule has 0 unspecified atom stereocenters. The molecule has 0 saturated carbocycles. The minimum Gasteiger partial charge on any atom is -0.548 e. The quantitative estimate of drug-likeness (QED) is 0.757. The van der Waals surface area contributed by atoms with Gasteiger partial charge < -0.3 is 19.5 Å². The van der Waals surface area contributed by atoms with Gasteiger partial charge in [-0.1, -0.05) is 42.5 Å². The van der Waals surface area contributed by atoms with Gasteiger partial charge in [-0.2, -0.15) is 0 Å². The van der Waals surface area contributed by atoms with Gasteiger partial charge in [0.05, 0.1) is 12.0 Å². The molecule has 0 radical (unpaired) electrons. The zero-order valence-electron chi connectivity index (χ0n) is 16.0. The first-order chi connectivity index (χ1) is 14.2. The van der Waals surface area contributed by atoms with Gasteiger partial charge in [0.15, 0.2) is 0 Å². The van der Waals surface area contributed by atoms with Crippen LogP contribution in [0.5, 0.6) is 11.5 Å². The van der Waals surface area contributed by atoms with Crippen molar-refractivity contribution in [1.82, 2.24) is 0 Å². The fourth-order valence-electron chi connectivity index (χ4n) is 5.89. The number of carbonyl (C=O) groups is 1. The summed E-state index contributed by atoms with van der Waals surface area (Å²) in [6.45, 7) is 0.776. The van der Waals surface area contributed by atoms with Crippen molar-refractivity contribution in [3.05, 3.63) is 77.9 Å². The van der Waals surface area contributed by atoms with E-state index >= 15 is 0 Å². The van der Waals surface area contributed by atoms with E-state index in [0.717, 1.165) is 36.6 Å². The number of para-hydroxylation sites is 1. The maximum atomic E-state index is 12.2. The van der Waals surface area contributed by atoms with Crippen molar-refractivity contribution in [2.75, 3.05) is 11.4 Å². The standard InChI is InChI=1S/C25H23NO3/c27-25(28)24-20-11-5-10-19(20)22-13-17(29-16-7-2-1-3-8-16)12-21-18-9-4-6-15(18)14-26(24)23(21)22/h1-5,7-10,12-13,15,18-20,24H,6,11,14H2,(H,27,28)/p-1/t15-,18+,19+,20-,24-/m1/s1. The van der Waals surface area contributed by atoms with Crippen LogP contribution in [0, 0.1) is 11.8 Å². The third kappa shape index (κ3) is 2.48. The molecule has 4 aliphatic rings. The van der Waals surface area contributed by atoms with Crippen LogP contribution in [0.25, 0.3) is 0 Å². The molecule has 2 aliphatic heterocycles. The van der Waals surface area contributed by atoms with Crippen molar-refractivity contribution >= 4 is 11.7 Å². The highest BCUT2D eigenvalue weighted by Crippen LogP contribution is 2.56. The van der Waals surface area contributed by atoms with Crippen LogP contribution < -0.4 is 14.7 Å². The molecule has 146 valence electrons. The first-order valence-corrected chi connectivity index (χ1v) is 10.4. The molecule has 0 spiro atoms. The van der Waals surface area contributed by atoms with Crippen LogP contribution in [0.4, 0.5) is 5.69 Å². The van der Waals surface area contributed by atoms with Crippen molar-refractivity contribution in [3.63, 3.8) is 0 Å². The van der Waals surface area contributed by atoms with Gasteiger partial charge in [-0.3, -0.25) is 0 Å². The van der Waals surface area contributed by atoms with Gasteiger partial charge in [0.1, 0.15) is 11.5 Å². The maximum absolute atomic E-state index is 12.2. The van der Waals surface area contributed by atoms with Crippen molar-refractivity contribution in [2.24, 2.45) is 11.8 Å². The summed E-state index contributed by atoms with van der Waals surface area (Å²) in [5, 5.41) is 12.2. The van der Waals surface area contributed by atoms with Crippen molar-refractivity contribution < 1.29 is 14.6 Å². The van der Waals surface area contributed by atoms with Crippen molar-refractivity contribution in [3.8, 4) is 11.5 Å². The number of anilines is 1. The first kappa shape index (κ1) is 16.9. The molecule has 2 aromatic rings. The second-order valence-electron chi connectivity index (χ2n) is 8.58. The number of carbonyl (C=O) groups excluding carboxylic acids is 1. The van der Waals surface area contributed by atoms with Crippen LogP contribution in [0.2, 0.25) is 0 Å². The minimum absolute atomic E-state index is 0.0261. The number of carboxylic acid groups (broad SMARTS) is 1. The molecule has 2 heterocycles. The van der Waals surface area contributed by atoms with E-state index in [1.54, 1.807) is 0 Å². The number of benzene rings is 2. The molecular formula is C25H22NO3-. The Morgan fingerprint density at radius 2 is 1.69 bits per heavy atom. The fourth-order valence-corrected chi connectivity index (χ4v) is 5.89. The molecule has 2 aliphatic carbocycles. The third-order valence-electron chi connectivity index (χ3n) is 7.04. The van der Waals surface area contributed by atoms with E-state index in [2.05, 4.69) is 41.3 Å². The summed E-state index contributed by atoms with van der Waals surface area (Å²) < 4.78 is 6.22. The number of hydrogen-bond acceptors (Lipinski definition) is 4. The number of fused-ring (bicyclic) bond motifs is 4. The summed E-state index contributed by atoms with van der Waals surface area (Å²) in [5.41, 5.74) is 3.49. The number of allylic oxidation sites excluding steroid dienone is 4. The second-order valence-corrected chi connectivity index (χ2v) is 8.58. The molecule has 5 atom stereocenters. The SMILES string of the molecule is O=C([O-])[C@H]1[C@@H]2CC=C[C@@H]2c2cc(Oc3ccccc3)cc3c2N1C[C@H]1CC=C[C@H]31. The summed E-state index contributed by atoms with van der Waals surface area (Å²) in [5.74, 6) is 1.56. The molecule has 0 saturated heterocycles. The average molecular weight is 384 g/mol. The molecule has 4 nitrogen and oxygen atoms in total. The van der Waals surface area contributed by atoms with Crippen molar-refractivity contribution in [1.29, 1.82) is 0 Å². The number of nitrogens with zero attached hydrogens (tertiary/aromatic N) is 1. The molecule has 0 N–H and O–H groups in total. The number of ether oxygens (including phenoxy) is 1. The number of hydrogen-bond donors (Lipinski definition) is 0. The predicted octanol–water partition coefficient (Wildman–Crippen LogP) is 3.75. The topological polar surface area (TPSA) is 52.6 Å². The Morgan fingerprint density at radius 1 is 0.966 bits per heavy atom. The van der Waals surface area contributed by atoms with Gasteiger partial charge in [-0.25, -0.2) is 0 Å². The van der Waals surface area contributed by atoms with E-state index in [4.69, 9.17) is 4.74 Å². The van der Waals surface area contributed by atoms with Gasteiger partial charge in [0.25, 0.3) is 0 Å². The molecular weight excluding hydrogens is 362 g/mol. The smallest absolute Gasteiger partial charge is 0.128 e. The van der Waals surface area contributed by atoms with Gasteiger partial charge in [0, 0.05) is 24.1 Å². The molecule has 6 rings (SSSR count). The third-order valence-corrected chi connectivity index (χ3v) is 7.04. The van der Waals surface area contributed by atoms with Crippen LogP contribution >= 0.6 is 0 Å². The van der Waals surface area contributed by atoms with Gasteiger partial charge in [-0.15, -0.1) is 0 Å². The molecule has 0 bridgehead atoms. The van der Waals surface area contributed by atoms with E-state index in [1.165, 1.54) is 11.1 Å². The largest absolute Gasteiger partial charge is 0.548 e. The lowest BCUT2D eigenvalue weighted by Crippen LogP contribution is -2.58. The molecule has 29 heavy (non-hydrogen) atoms. The Balaban J connectivity index is 1.54. The van der Waals surface area contributed by atoms with Gasteiger partial charge >= 0.3 is 0 Å². The highest BCUT2D eigenvalue weighted by Gasteiger charge is 2.47. The Morgan fingerprint density at radius 3 is 2.48 bits per heavy atom. The normalized spacial score (nSPS) is 30.6. The average Bonchev–Trinajstić information content (AvgIpc) is 3.38. The Hall–Kier alpha value is -3.01. The van der Waals surface area contributed by atoms with Crippen LogP contribution in [0.3, 0.4) is 0 Å². The van der Waals surface area contributed by atoms with Crippen LogP contribution in [0.15, 0.2) is 66.8 Å². The van der Waals surface area contributed by atoms with E-state index in [9.17, 15) is 9.90 Å². The molecule has 0 amide bonds. The number of rotatable bonds is 3. The van der Waals surface area contributed by atoms with Gasteiger partial charge in [0.2, 0.25) is 0 Å². The monoisotopic (exact) mass is 384 g/mol. The molecule has 0 fully saturated rings. The number of aliphatic carboxylic acids is 1. The van der Waals surface area contributed by atoms with Crippen LogP contribution in [0.1, 0.15) is 35.8 Å². The van der Waals surface area contributed by atoms with E-state index < -0.39 is 12.0 Å². The Labute approximate surface area is 170 Å². The highest BCUT2D eigenvalue weighted by molar-refractivity contribution is 5.83. The molecule has 4 heteroatoms. The summed E-state index contributed by atoms with van der Waals surface area (Å²) in [7, 11) is 0. The van der Waals surface area contributed by atoms with Crippen LogP contribution in [-0.2, 0) is 4.79 Å². The molecule has 0 aromatic heterocycles. The lowest BCUT2D eigenvalue weighted by Gasteiger charge is -2.51. The summed E-state index contributed by atoms with van der Waals surface area (Å²) in [6, 6.07) is 13.5. The predicted molar refractivity (Wildman–Crippen MR) is 109 cm³/mol. The Bertz CT molecular complexity index is 1020. The highest BCUT2D eigenvalue weighted by atomic mass is 16.5. The summed E-state index contributed by atoms with van der Waals surface area (Å²) in [4.78, 5) is 14.3. The van der Waals surface area contributed by atoms with Crippen LogP contribution in [-0.4, -0.2) is 18.6 Å². The number of carboxylic acids is 1. The maximum Gasteiger partial charge on any atom is 0.128 e. The zero-order valence-corrected chi connectivity index (χ0v) is 16.0. The summed E-state index contributed by atoms with van der Waals surface area (Å²) >= 11 is 0. The molecule has 2 aromatic carbocycles. The second kappa shape index (κ2) is 6.24. The Kier molecular flexibility index (Phi) is 3.64. The van der Waals surface area contributed by atoms with E-state index in [0.29, 0.717) is 11.8 Å². The first-order valence-electron chi connectivity index (χ1n) is 10.4. The fraction of sp³-hybridized carbons (Fsp3) is 0.320. The van der Waals surface area contributed by atoms with Crippen molar-refractivity contribution in [2.45, 2.75) is 30.7 Å². The summed E-state index contributed by atoms with van der Waals surface area (Å²) in [6.07, 6.45) is 10.6. The van der Waals surface area contributed by atoms with Gasteiger partial charge in [-0.05, 0) is 60.1 Å². The lowest BCUT2D eigenvalue weighted by atomic mass is 9.72. The lowest BCUT2D eigenvalue weighted by molar-refractivity contribution is -0.309. The zero-order chi connectivity index (χ0) is 19.5. The van der Waals surface area contributed by atoms with E-state index in [-0.39, 0.29) is 11.8 Å². The minimum atomic E-state index is -0.950.